The summed E-state index contributed by atoms with van der Waals surface area (Å²) < 4.78 is 40.3. The van der Waals surface area contributed by atoms with Crippen LogP contribution in [-0.4, -0.2) is 101 Å². The number of benzene rings is 1. The number of rotatable bonds is 6. The highest BCUT2D eigenvalue weighted by molar-refractivity contribution is 5.78. The number of para-hydroxylation sites is 2. The molecule has 13 heteroatoms. The smallest absolute Gasteiger partial charge is 0.296 e. The largest absolute Gasteiger partial charge is 0.375 e. The lowest BCUT2D eigenvalue weighted by Gasteiger charge is -2.38. The lowest BCUT2D eigenvalue weighted by molar-refractivity contribution is -0.135. The SMILES string of the molecule is COCC(=O)N1CCN(c2nc(N3CCO[C@@H](C)[C@H]3C)nc(-n3c(C(F)F)nc4ccccc43)n2)CC1. The standard InChI is InChI=1S/C24H30F2N8O3/c1-15-16(2)37-13-12-33(15)23-28-22(32-10-8-31(9-11-32)19(35)14-36-3)29-24(30-23)34-18-7-5-4-6-17(18)27-21(34)20(25)26/h4-7,15-16,20H,8-14H2,1-3H3/t15-,16+/m1/s1. The van der Waals surface area contributed by atoms with Crippen molar-refractivity contribution in [2.75, 3.05) is 62.8 Å². The molecule has 0 spiro atoms. The van der Waals surface area contributed by atoms with Gasteiger partial charge in [0.2, 0.25) is 23.8 Å². The van der Waals surface area contributed by atoms with Crippen LogP contribution < -0.4 is 9.80 Å². The van der Waals surface area contributed by atoms with Crippen LogP contribution in [0.5, 0.6) is 0 Å². The highest BCUT2D eigenvalue weighted by Gasteiger charge is 2.31. The maximum Gasteiger partial charge on any atom is 0.296 e. The second-order valence-corrected chi connectivity index (χ2v) is 9.14. The quantitative estimate of drug-likeness (QED) is 0.487. The van der Waals surface area contributed by atoms with Crippen molar-refractivity contribution in [1.29, 1.82) is 0 Å². The van der Waals surface area contributed by atoms with Crippen LogP contribution in [0.25, 0.3) is 17.0 Å². The summed E-state index contributed by atoms with van der Waals surface area (Å²) >= 11 is 0. The Morgan fingerprint density at radius 2 is 1.73 bits per heavy atom. The van der Waals surface area contributed by atoms with Gasteiger partial charge in [0.1, 0.15) is 6.61 Å². The van der Waals surface area contributed by atoms with E-state index in [0.29, 0.717) is 62.3 Å². The number of anilines is 2. The molecule has 11 nitrogen and oxygen atoms in total. The molecule has 4 heterocycles. The first-order chi connectivity index (χ1) is 17.9. The zero-order valence-electron chi connectivity index (χ0n) is 21.0. The van der Waals surface area contributed by atoms with Crippen LogP contribution in [0.3, 0.4) is 0 Å². The van der Waals surface area contributed by atoms with Gasteiger partial charge in [-0.05, 0) is 26.0 Å². The Kier molecular flexibility index (Phi) is 7.15. The van der Waals surface area contributed by atoms with Gasteiger partial charge in [-0.2, -0.15) is 15.0 Å². The van der Waals surface area contributed by atoms with Crippen LogP contribution in [0.1, 0.15) is 26.1 Å². The minimum Gasteiger partial charge on any atom is -0.375 e. The Hall–Kier alpha value is -3.45. The molecule has 2 aromatic heterocycles. The summed E-state index contributed by atoms with van der Waals surface area (Å²) in [6.07, 6.45) is -2.88. The molecule has 1 amide bonds. The molecule has 0 aliphatic carbocycles. The molecule has 0 unspecified atom stereocenters. The van der Waals surface area contributed by atoms with Gasteiger partial charge in [0.25, 0.3) is 6.43 Å². The number of ether oxygens (including phenoxy) is 2. The number of amides is 1. The topological polar surface area (TPSA) is 102 Å². The Balaban J connectivity index is 1.57. The minimum absolute atomic E-state index is 0.0251. The number of morpholine rings is 1. The highest BCUT2D eigenvalue weighted by Crippen LogP contribution is 2.29. The third-order valence-corrected chi connectivity index (χ3v) is 6.91. The fourth-order valence-corrected chi connectivity index (χ4v) is 4.70. The minimum atomic E-state index is -2.83. The first-order valence-electron chi connectivity index (χ1n) is 12.3. The van der Waals surface area contributed by atoms with Gasteiger partial charge >= 0.3 is 0 Å². The van der Waals surface area contributed by atoms with Gasteiger partial charge in [-0.15, -0.1) is 0 Å². The average Bonchev–Trinajstić information content (AvgIpc) is 3.30. The number of alkyl halides is 2. The van der Waals surface area contributed by atoms with E-state index in [2.05, 4.69) is 15.0 Å². The molecule has 2 aliphatic rings. The summed E-state index contributed by atoms with van der Waals surface area (Å²) in [6, 6.07) is 6.88. The molecule has 198 valence electrons. The summed E-state index contributed by atoms with van der Waals surface area (Å²) in [6.45, 7) is 6.99. The lowest BCUT2D eigenvalue weighted by atomic mass is 10.1. The van der Waals surface area contributed by atoms with Crippen molar-refractivity contribution >= 4 is 28.8 Å². The molecular weight excluding hydrogens is 486 g/mol. The number of methoxy groups -OCH3 is 1. The average molecular weight is 517 g/mol. The molecule has 37 heavy (non-hydrogen) atoms. The number of fused-ring (bicyclic) bond motifs is 1. The van der Waals surface area contributed by atoms with Gasteiger partial charge in [-0.1, -0.05) is 12.1 Å². The van der Waals surface area contributed by atoms with E-state index in [9.17, 15) is 13.6 Å². The number of aromatic nitrogens is 5. The zero-order chi connectivity index (χ0) is 26.1. The molecule has 1 aromatic carbocycles. The van der Waals surface area contributed by atoms with Crippen LogP contribution in [0.4, 0.5) is 20.7 Å². The van der Waals surface area contributed by atoms with Crippen molar-refractivity contribution in [3.8, 4) is 5.95 Å². The van der Waals surface area contributed by atoms with Gasteiger partial charge in [0.05, 0.1) is 29.8 Å². The second kappa shape index (κ2) is 10.5. The third-order valence-electron chi connectivity index (χ3n) is 6.91. The number of carbonyl (C=O) groups is 1. The summed E-state index contributed by atoms with van der Waals surface area (Å²) in [5.74, 6) is 0.319. The predicted molar refractivity (Wildman–Crippen MR) is 132 cm³/mol. The van der Waals surface area contributed by atoms with E-state index in [1.807, 2.05) is 23.6 Å². The maximum absolute atomic E-state index is 14.1. The first-order valence-corrected chi connectivity index (χ1v) is 12.3. The van der Waals surface area contributed by atoms with E-state index in [1.54, 1.807) is 29.2 Å². The Morgan fingerprint density at radius 3 is 2.46 bits per heavy atom. The molecule has 2 atom stereocenters. The maximum atomic E-state index is 14.1. The van der Waals surface area contributed by atoms with Crippen molar-refractivity contribution < 1.29 is 23.0 Å². The number of imidazole rings is 1. The molecule has 0 bridgehead atoms. The van der Waals surface area contributed by atoms with E-state index >= 15 is 0 Å². The van der Waals surface area contributed by atoms with Gasteiger partial charge < -0.3 is 24.2 Å². The zero-order valence-corrected chi connectivity index (χ0v) is 21.0. The number of hydrogen-bond donors (Lipinski definition) is 0. The van der Waals surface area contributed by atoms with Gasteiger partial charge in [0.15, 0.2) is 5.82 Å². The summed E-state index contributed by atoms with van der Waals surface area (Å²) in [4.78, 5) is 36.2. The molecule has 0 N–H and O–H groups in total. The van der Waals surface area contributed by atoms with Crippen LogP contribution in [-0.2, 0) is 14.3 Å². The molecule has 5 rings (SSSR count). The van der Waals surface area contributed by atoms with Crippen molar-refractivity contribution in [3.05, 3.63) is 30.1 Å². The lowest BCUT2D eigenvalue weighted by Crippen LogP contribution is -2.51. The van der Waals surface area contributed by atoms with Crippen molar-refractivity contribution in [2.45, 2.75) is 32.4 Å². The summed E-state index contributed by atoms with van der Waals surface area (Å²) in [7, 11) is 1.49. The summed E-state index contributed by atoms with van der Waals surface area (Å²) in [5, 5.41) is 0. The molecule has 2 aliphatic heterocycles. The second-order valence-electron chi connectivity index (χ2n) is 9.14. The molecule has 2 saturated heterocycles. The molecule has 3 aromatic rings. The van der Waals surface area contributed by atoms with Crippen molar-refractivity contribution in [1.82, 2.24) is 29.4 Å². The predicted octanol–water partition coefficient (Wildman–Crippen LogP) is 2.06. The molecule has 2 fully saturated rings. The number of halogens is 2. The Labute approximate surface area is 213 Å². The molecule has 0 radical (unpaired) electrons. The van der Waals surface area contributed by atoms with E-state index in [4.69, 9.17) is 14.5 Å². The fourth-order valence-electron chi connectivity index (χ4n) is 4.70. The van der Waals surface area contributed by atoms with Gasteiger partial charge in [-0.25, -0.2) is 13.8 Å². The number of carbonyl (C=O) groups excluding carboxylic acids is 1. The van der Waals surface area contributed by atoms with Gasteiger partial charge in [0, 0.05) is 39.8 Å². The van der Waals surface area contributed by atoms with E-state index in [1.165, 1.54) is 11.7 Å². The monoisotopic (exact) mass is 516 g/mol. The third kappa shape index (κ3) is 4.92. The molecular formula is C24H30F2N8O3. The van der Waals surface area contributed by atoms with E-state index in [-0.39, 0.29) is 30.6 Å². The van der Waals surface area contributed by atoms with Crippen LogP contribution >= 0.6 is 0 Å². The number of nitrogens with zero attached hydrogens (tertiary/aromatic N) is 8. The van der Waals surface area contributed by atoms with Crippen LogP contribution in [0.2, 0.25) is 0 Å². The summed E-state index contributed by atoms with van der Waals surface area (Å²) in [5.41, 5.74) is 0.916. The van der Waals surface area contributed by atoms with Crippen LogP contribution in [0.15, 0.2) is 24.3 Å². The Morgan fingerprint density at radius 1 is 1.03 bits per heavy atom. The number of hydrogen-bond acceptors (Lipinski definition) is 9. The Bertz CT molecular complexity index is 1260. The van der Waals surface area contributed by atoms with Crippen molar-refractivity contribution in [3.63, 3.8) is 0 Å². The first kappa shape index (κ1) is 25.2. The normalized spacial score (nSPS) is 20.8. The molecule has 0 saturated carbocycles. The van der Waals surface area contributed by atoms with Crippen molar-refractivity contribution in [2.24, 2.45) is 0 Å². The van der Waals surface area contributed by atoms with E-state index in [0.717, 1.165) is 0 Å². The van der Waals surface area contributed by atoms with Crippen LogP contribution in [0, 0.1) is 0 Å². The highest BCUT2D eigenvalue weighted by atomic mass is 19.3. The van der Waals surface area contributed by atoms with E-state index < -0.39 is 12.2 Å². The fraction of sp³-hybridized carbons (Fsp3) is 0.542. The number of piperazine rings is 1. The van der Waals surface area contributed by atoms with Gasteiger partial charge in [-0.3, -0.25) is 9.36 Å².